The van der Waals surface area contributed by atoms with Crippen molar-refractivity contribution >= 4 is 22.7 Å². The van der Waals surface area contributed by atoms with Gasteiger partial charge in [-0.15, -0.1) is 0 Å². The Morgan fingerprint density at radius 2 is 0.971 bits per heavy atom. The Kier molecular flexibility index (Phi) is 9.08. The van der Waals surface area contributed by atoms with E-state index in [0.29, 0.717) is 11.8 Å². The Balaban J connectivity index is 0.866. The molecule has 0 atom stereocenters. The highest BCUT2D eigenvalue weighted by Crippen LogP contribution is 2.72. The first-order valence-corrected chi connectivity index (χ1v) is 25.9. The lowest BCUT2D eigenvalue weighted by atomic mass is 9.43. The molecule has 0 unspecified atom stereocenters. The molecule has 3 nitrogen and oxygen atoms in total. The average Bonchev–Trinajstić information content (AvgIpc) is 3.72. The molecule has 16 rings (SSSR count). The molecule has 10 aromatic rings. The molecule has 334 valence electrons. The molecule has 0 N–H and O–H groups in total. The highest BCUT2D eigenvalue weighted by Gasteiger charge is 2.63. The fraction of sp³-hybridized carbons (Fsp3) is 0.152. The molecule has 1 aromatic heterocycles. The van der Waals surface area contributed by atoms with E-state index in [4.69, 9.17) is 14.7 Å². The number of nitrogens with zero attached hydrogens (tertiary/aromatic N) is 2. The van der Waals surface area contributed by atoms with Gasteiger partial charge in [0.2, 0.25) is 0 Å². The topological polar surface area (TPSA) is 35.0 Å². The lowest BCUT2D eigenvalue weighted by Gasteiger charge is -2.61. The molecule has 4 bridgehead atoms. The van der Waals surface area contributed by atoms with Crippen LogP contribution in [-0.4, -0.2) is 9.97 Å². The summed E-state index contributed by atoms with van der Waals surface area (Å²) in [7, 11) is 0. The SMILES string of the molecule is c1ccc(-c2ccc(-c3ccc(-c4nc(-c5ccccc5-c5ccccc5)c5ccc(-c6ccc7c(c6)C6(c8c-7ccc7c8Oc8ccccc8S7)C7CC8CC(C7)CC6C8)cc5n4)cc3)cc2)cc1. The van der Waals surface area contributed by atoms with Gasteiger partial charge in [-0.2, -0.15) is 0 Å². The van der Waals surface area contributed by atoms with E-state index in [0.717, 1.165) is 73.6 Å². The minimum absolute atomic E-state index is 0.0666. The van der Waals surface area contributed by atoms with Crippen LogP contribution < -0.4 is 4.74 Å². The van der Waals surface area contributed by atoms with E-state index in [1.807, 2.05) is 11.8 Å². The molecular formula is C66H48N2OS. The van der Waals surface area contributed by atoms with Gasteiger partial charge in [0, 0.05) is 27.5 Å². The van der Waals surface area contributed by atoms with Crippen LogP contribution in [0.5, 0.6) is 11.5 Å². The van der Waals surface area contributed by atoms with E-state index in [9.17, 15) is 0 Å². The van der Waals surface area contributed by atoms with Crippen molar-refractivity contribution in [2.45, 2.75) is 47.3 Å². The first-order chi connectivity index (χ1) is 34.6. The molecule has 5 aliphatic carbocycles. The number of ether oxygens (including phenoxy) is 1. The van der Waals surface area contributed by atoms with Gasteiger partial charge in [-0.1, -0.05) is 182 Å². The van der Waals surface area contributed by atoms with Crippen LogP contribution in [0.4, 0.5) is 0 Å². The van der Waals surface area contributed by atoms with Crippen molar-refractivity contribution in [2.75, 3.05) is 0 Å². The third-order valence-corrected chi connectivity index (χ3v) is 17.9. The molecule has 0 saturated heterocycles. The Bertz CT molecular complexity index is 3690. The summed E-state index contributed by atoms with van der Waals surface area (Å²) in [5.74, 6) is 5.71. The maximum absolute atomic E-state index is 7.09. The van der Waals surface area contributed by atoms with Crippen molar-refractivity contribution < 1.29 is 4.74 Å². The standard InChI is InChI=1S/C66H48N2OS/c1-3-11-42(12-4-1)43-19-21-44(22-20-43)45-23-25-47(26-24-45)65-67-58-39-49(28-30-56(58)63(68-65)55-16-8-7-15-52(55)46-13-5-2-6-14-46)48-27-29-53-54-31-32-61-64(69-59-17-9-10-18-60(59)70-61)62(54)66(57(53)38-48)50-34-40-33-41(36-50)37-51(66)35-40/h1-32,38-41,50-51H,33-37H2. The van der Waals surface area contributed by atoms with Crippen LogP contribution in [-0.2, 0) is 5.41 Å². The highest BCUT2D eigenvalue weighted by molar-refractivity contribution is 7.99. The van der Waals surface area contributed by atoms with Crippen LogP contribution in [0.1, 0.15) is 43.2 Å². The van der Waals surface area contributed by atoms with Crippen LogP contribution in [0.3, 0.4) is 0 Å². The van der Waals surface area contributed by atoms with E-state index in [2.05, 4.69) is 206 Å². The van der Waals surface area contributed by atoms with Gasteiger partial charge in [0.15, 0.2) is 5.82 Å². The summed E-state index contributed by atoms with van der Waals surface area (Å²) in [5.41, 5.74) is 19.2. The molecule has 1 aliphatic heterocycles. The molecule has 4 heteroatoms. The molecule has 2 heterocycles. The van der Waals surface area contributed by atoms with Gasteiger partial charge in [0.05, 0.1) is 21.0 Å². The largest absolute Gasteiger partial charge is 0.455 e. The monoisotopic (exact) mass is 916 g/mol. The Hall–Kier alpha value is -7.53. The van der Waals surface area contributed by atoms with E-state index >= 15 is 0 Å². The molecule has 4 saturated carbocycles. The number of rotatable bonds is 6. The van der Waals surface area contributed by atoms with Gasteiger partial charge in [0.1, 0.15) is 11.5 Å². The van der Waals surface area contributed by atoms with E-state index in [1.165, 1.54) is 92.0 Å². The number of benzene rings is 9. The fourth-order valence-corrected chi connectivity index (χ4v) is 14.9. The number of hydrogen-bond donors (Lipinski definition) is 0. The first kappa shape index (κ1) is 40.4. The maximum atomic E-state index is 7.09. The van der Waals surface area contributed by atoms with Crippen molar-refractivity contribution in [3.05, 3.63) is 217 Å². The quantitative estimate of drug-likeness (QED) is 0.166. The minimum Gasteiger partial charge on any atom is -0.455 e. The summed E-state index contributed by atoms with van der Waals surface area (Å²) in [6.45, 7) is 0. The van der Waals surface area contributed by atoms with Crippen molar-refractivity contribution in [2.24, 2.45) is 23.7 Å². The second-order valence-corrected chi connectivity index (χ2v) is 21.5. The lowest BCUT2D eigenvalue weighted by molar-refractivity contribution is -0.0406. The van der Waals surface area contributed by atoms with E-state index < -0.39 is 0 Å². The molecule has 9 aromatic carbocycles. The molecule has 0 amide bonds. The third kappa shape index (κ3) is 6.22. The van der Waals surface area contributed by atoms with Crippen LogP contribution >= 0.6 is 11.8 Å². The Morgan fingerprint density at radius 3 is 1.69 bits per heavy atom. The number of fused-ring (bicyclic) bond motifs is 7. The zero-order chi connectivity index (χ0) is 45.9. The van der Waals surface area contributed by atoms with Crippen molar-refractivity contribution in [3.8, 4) is 89.8 Å². The van der Waals surface area contributed by atoms with Crippen molar-refractivity contribution in [1.82, 2.24) is 9.97 Å². The van der Waals surface area contributed by atoms with Crippen molar-refractivity contribution in [3.63, 3.8) is 0 Å². The summed E-state index contributed by atoms with van der Waals surface area (Å²) >= 11 is 1.87. The van der Waals surface area contributed by atoms with E-state index in [1.54, 1.807) is 0 Å². The zero-order valence-corrected chi connectivity index (χ0v) is 39.5. The minimum atomic E-state index is -0.0666. The van der Waals surface area contributed by atoms with Crippen LogP contribution in [0.25, 0.3) is 89.2 Å². The summed E-state index contributed by atoms with van der Waals surface area (Å²) < 4.78 is 7.09. The van der Waals surface area contributed by atoms with Gasteiger partial charge in [-0.3, -0.25) is 0 Å². The molecule has 1 spiro atoms. The molecule has 4 fully saturated rings. The predicted octanol–water partition coefficient (Wildman–Crippen LogP) is 17.6. The molecule has 70 heavy (non-hydrogen) atoms. The third-order valence-electron chi connectivity index (χ3n) is 16.8. The number of hydrogen-bond acceptors (Lipinski definition) is 4. The second-order valence-electron chi connectivity index (χ2n) is 20.5. The first-order valence-electron chi connectivity index (χ1n) is 25.1. The Morgan fingerprint density at radius 1 is 0.414 bits per heavy atom. The van der Waals surface area contributed by atoms with Gasteiger partial charge < -0.3 is 4.74 Å². The zero-order valence-electron chi connectivity index (χ0n) is 38.7. The smallest absolute Gasteiger partial charge is 0.160 e. The van der Waals surface area contributed by atoms with Gasteiger partial charge in [0.25, 0.3) is 0 Å². The van der Waals surface area contributed by atoms with Gasteiger partial charge in [-0.25, -0.2) is 9.97 Å². The van der Waals surface area contributed by atoms with Gasteiger partial charge >= 0.3 is 0 Å². The molecule has 6 aliphatic rings. The Labute approximate surface area is 413 Å². The molecule has 0 radical (unpaired) electrons. The summed E-state index contributed by atoms with van der Waals surface area (Å²) in [6.07, 6.45) is 6.67. The van der Waals surface area contributed by atoms with Crippen molar-refractivity contribution in [1.29, 1.82) is 0 Å². The maximum Gasteiger partial charge on any atom is 0.160 e. The fourth-order valence-electron chi connectivity index (χ4n) is 13.9. The highest BCUT2D eigenvalue weighted by atomic mass is 32.2. The van der Waals surface area contributed by atoms with Gasteiger partial charge in [-0.05, 0) is 153 Å². The summed E-state index contributed by atoms with van der Waals surface area (Å²) in [6, 6.07) is 75.2. The summed E-state index contributed by atoms with van der Waals surface area (Å²) in [4.78, 5) is 13.4. The summed E-state index contributed by atoms with van der Waals surface area (Å²) in [5, 5.41) is 1.04. The normalized spacial score (nSPS) is 21.0. The second kappa shape index (κ2) is 15.7. The molecular weight excluding hydrogens is 869 g/mol. The lowest BCUT2D eigenvalue weighted by Crippen LogP contribution is -2.55. The number of para-hydroxylation sites is 1. The number of aromatic nitrogens is 2. The van der Waals surface area contributed by atoms with Crippen LogP contribution in [0.2, 0.25) is 0 Å². The predicted molar refractivity (Wildman–Crippen MR) is 286 cm³/mol. The van der Waals surface area contributed by atoms with Crippen LogP contribution in [0, 0.1) is 23.7 Å². The average molecular weight is 917 g/mol. The van der Waals surface area contributed by atoms with E-state index in [-0.39, 0.29) is 5.41 Å². The van der Waals surface area contributed by atoms with Crippen LogP contribution in [0.15, 0.2) is 216 Å².